The van der Waals surface area contributed by atoms with E-state index in [0.717, 1.165) is 6.42 Å². The van der Waals surface area contributed by atoms with Gasteiger partial charge in [0, 0.05) is 12.0 Å². The van der Waals surface area contributed by atoms with Crippen molar-refractivity contribution in [1.82, 2.24) is 5.32 Å². The molecule has 3 N–H and O–H groups in total. The number of halogens is 1. The summed E-state index contributed by atoms with van der Waals surface area (Å²) in [5, 5.41) is 3.02. The van der Waals surface area contributed by atoms with Gasteiger partial charge in [0.2, 0.25) is 5.91 Å². The Morgan fingerprint density at radius 2 is 1.70 bits per heavy atom. The van der Waals surface area contributed by atoms with Crippen LogP contribution in [0.1, 0.15) is 45.6 Å². The summed E-state index contributed by atoms with van der Waals surface area (Å²) >= 11 is 0. The topological polar surface area (TPSA) is 55.1 Å². The molecule has 0 aliphatic carbocycles. The molecule has 0 radical (unpaired) electrons. The zero-order chi connectivity index (χ0) is 14.4. The molecule has 0 fully saturated rings. The van der Waals surface area contributed by atoms with E-state index >= 15 is 0 Å². The molecule has 1 aromatic carbocycles. The van der Waals surface area contributed by atoms with Crippen LogP contribution in [0.15, 0.2) is 30.3 Å². The Hall–Kier alpha value is -1.06. The third-order valence-corrected chi connectivity index (χ3v) is 3.51. The molecule has 0 saturated heterocycles. The molecular weight excluding hydrogens is 272 g/mol. The average Bonchev–Trinajstić information content (AvgIpc) is 2.37. The summed E-state index contributed by atoms with van der Waals surface area (Å²) in [5.41, 5.74) is 7.12. The minimum atomic E-state index is -0.412. The molecule has 1 aromatic rings. The van der Waals surface area contributed by atoms with Gasteiger partial charge in [-0.3, -0.25) is 4.79 Å². The first kappa shape index (κ1) is 18.9. The number of carbonyl (C=O) groups excluding carboxylic acids is 1. The Kier molecular flexibility index (Phi) is 8.51. The second-order valence-electron chi connectivity index (χ2n) is 5.73. The van der Waals surface area contributed by atoms with Crippen LogP contribution in [0.4, 0.5) is 0 Å². The average molecular weight is 299 g/mol. The summed E-state index contributed by atoms with van der Waals surface area (Å²) in [6.45, 7) is 8.29. The molecule has 2 unspecified atom stereocenters. The quantitative estimate of drug-likeness (QED) is 0.848. The number of amides is 1. The van der Waals surface area contributed by atoms with E-state index in [1.54, 1.807) is 0 Å². The normalized spacial score (nSPS) is 15.1. The van der Waals surface area contributed by atoms with E-state index in [1.165, 1.54) is 5.56 Å². The molecule has 1 rings (SSSR count). The van der Waals surface area contributed by atoms with Gasteiger partial charge in [-0.25, -0.2) is 0 Å². The van der Waals surface area contributed by atoms with Gasteiger partial charge in [0.05, 0.1) is 6.04 Å². The fourth-order valence-corrected chi connectivity index (χ4v) is 2.12. The number of carbonyl (C=O) groups is 1. The maximum atomic E-state index is 12.0. The van der Waals surface area contributed by atoms with Crippen LogP contribution in [0, 0.1) is 5.92 Å². The smallest absolute Gasteiger partial charge is 0.237 e. The number of hydrogen-bond donors (Lipinski definition) is 2. The summed E-state index contributed by atoms with van der Waals surface area (Å²) < 4.78 is 0. The van der Waals surface area contributed by atoms with Crippen LogP contribution in [0.2, 0.25) is 0 Å². The van der Waals surface area contributed by atoms with Gasteiger partial charge in [0.25, 0.3) is 0 Å². The van der Waals surface area contributed by atoms with E-state index in [-0.39, 0.29) is 30.3 Å². The predicted molar refractivity (Wildman–Crippen MR) is 87.1 cm³/mol. The van der Waals surface area contributed by atoms with E-state index in [4.69, 9.17) is 5.73 Å². The van der Waals surface area contributed by atoms with Crippen molar-refractivity contribution >= 4 is 18.3 Å². The van der Waals surface area contributed by atoms with Crippen molar-refractivity contribution in [1.29, 1.82) is 0 Å². The molecule has 1 amide bonds. The molecule has 4 heteroatoms. The van der Waals surface area contributed by atoms with E-state index in [2.05, 4.69) is 38.2 Å². The Labute approximate surface area is 128 Å². The highest BCUT2D eigenvalue weighted by Crippen LogP contribution is 2.18. The molecule has 3 nitrogen and oxygen atoms in total. The predicted octanol–water partition coefficient (Wildman–Crippen LogP) is 3.09. The minimum Gasteiger partial charge on any atom is -0.352 e. The lowest BCUT2D eigenvalue weighted by molar-refractivity contribution is -0.123. The lowest BCUT2D eigenvalue weighted by atomic mass is 9.94. The van der Waals surface area contributed by atoms with Crippen LogP contribution in [0.25, 0.3) is 0 Å². The van der Waals surface area contributed by atoms with Crippen molar-refractivity contribution in [2.75, 3.05) is 0 Å². The standard InChI is InChI=1S/C16H26N2O.ClH/c1-11(2)10-15(17)16(19)18-13(4)12(3)14-8-6-5-7-9-14;/h5-9,11-13,15H,10,17H2,1-4H3,(H,18,19);1H/t12?,13?,15-;/m0./s1. The zero-order valence-electron chi connectivity index (χ0n) is 12.8. The van der Waals surface area contributed by atoms with Crippen molar-refractivity contribution in [2.24, 2.45) is 11.7 Å². The Morgan fingerprint density at radius 1 is 1.15 bits per heavy atom. The van der Waals surface area contributed by atoms with Gasteiger partial charge in [-0.1, -0.05) is 51.1 Å². The number of nitrogens with one attached hydrogen (secondary N) is 1. The van der Waals surface area contributed by atoms with Crippen molar-refractivity contribution in [3.05, 3.63) is 35.9 Å². The number of benzene rings is 1. The van der Waals surface area contributed by atoms with Gasteiger partial charge >= 0.3 is 0 Å². The Bertz CT molecular complexity index is 395. The fraction of sp³-hybridized carbons (Fsp3) is 0.562. The van der Waals surface area contributed by atoms with Gasteiger partial charge in [-0.05, 0) is 24.8 Å². The lowest BCUT2D eigenvalue weighted by Crippen LogP contribution is -2.46. The molecule has 0 aliphatic rings. The van der Waals surface area contributed by atoms with Crippen molar-refractivity contribution in [3.8, 4) is 0 Å². The largest absolute Gasteiger partial charge is 0.352 e. The van der Waals surface area contributed by atoms with Crippen LogP contribution < -0.4 is 11.1 Å². The first-order valence-corrected chi connectivity index (χ1v) is 7.02. The number of hydrogen-bond acceptors (Lipinski definition) is 2. The van der Waals surface area contributed by atoms with Crippen LogP contribution >= 0.6 is 12.4 Å². The third-order valence-electron chi connectivity index (χ3n) is 3.51. The van der Waals surface area contributed by atoms with Crippen molar-refractivity contribution < 1.29 is 4.79 Å². The molecular formula is C16H27ClN2O. The highest BCUT2D eigenvalue weighted by atomic mass is 35.5. The molecule has 0 bridgehead atoms. The number of nitrogens with two attached hydrogens (primary N) is 1. The maximum Gasteiger partial charge on any atom is 0.237 e. The second-order valence-corrected chi connectivity index (χ2v) is 5.73. The summed E-state index contributed by atoms with van der Waals surface area (Å²) in [6.07, 6.45) is 0.721. The van der Waals surface area contributed by atoms with Crippen molar-refractivity contribution in [2.45, 2.75) is 52.1 Å². The maximum absolute atomic E-state index is 12.0. The van der Waals surface area contributed by atoms with Crippen LogP contribution in [-0.2, 0) is 4.79 Å². The highest BCUT2D eigenvalue weighted by molar-refractivity contribution is 5.85. The number of rotatable bonds is 6. The second kappa shape index (κ2) is 8.98. The summed E-state index contributed by atoms with van der Waals surface area (Å²) in [6, 6.07) is 9.87. The monoisotopic (exact) mass is 298 g/mol. The molecule has 0 heterocycles. The van der Waals surface area contributed by atoms with Crippen LogP contribution in [0.3, 0.4) is 0 Å². The molecule has 114 valence electrons. The minimum absolute atomic E-state index is 0. The van der Waals surface area contributed by atoms with Crippen LogP contribution in [0.5, 0.6) is 0 Å². The SMILES string of the molecule is CC(C)C[C@H](N)C(=O)NC(C)C(C)c1ccccc1.Cl. The van der Waals surface area contributed by atoms with Crippen molar-refractivity contribution in [3.63, 3.8) is 0 Å². The Balaban J connectivity index is 0.00000361. The summed E-state index contributed by atoms with van der Waals surface area (Å²) in [4.78, 5) is 12.0. The van der Waals surface area contributed by atoms with Crippen LogP contribution in [-0.4, -0.2) is 18.0 Å². The van der Waals surface area contributed by atoms with Gasteiger partial charge in [-0.15, -0.1) is 12.4 Å². The molecule has 0 spiro atoms. The third kappa shape index (κ3) is 5.93. The molecule has 0 aromatic heterocycles. The van der Waals surface area contributed by atoms with E-state index in [1.807, 2.05) is 25.1 Å². The van der Waals surface area contributed by atoms with Gasteiger partial charge in [-0.2, -0.15) is 0 Å². The first-order valence-electron chi connectivity index (χ1n) is 7.02. The van der Waals surface area contributed by atoms with Gasteiger partial charge in [0.15, 0.2) is 0 Å². The van der Waals surface area contributed by atoms with Gasteiger partial charge < -0.3 is 11.1 Å². The van der Waals surface area contributed by atoms with E-state index < -0.39 is 6.04 Å². The molecule has 3 atom stereocenters. The first-order chi connectivity index (χ1) is 8.91. The van der Waals surface area contributed by atoms with E-state index in [9.17, 15) is 4.79 Å². The summed E-state index contributed by atoms with van der Waals surface area (Å²) in [7, 11) is 0. The molecule has 0 aliphatic heterocycles. The fourth-order valence-electron chi connectivity index (χ4n) is 2.12. The zero-order valence-corrected chi connectivity index (χ0v) is 13.6. The highest BCUT2D eigenvalue weighted by Gasteiger charge is 2.20. The van der Waals surface area contributed by atoms with Gasteiger partial charge in [0.1, 0.15) is 0 Å². The molecule has 20 heavy (non-hydrogen) atoms. The lowest BCUT2D eigenvalue weighted by Gasteiger charge is -2.24. The van der Waals surface area contributed by atoms with E-state index in [0.29, 0.717) is 5.92 Å². The summed E-state index contributed by atoms with van der Waals surface area (Å²) in [5.74, 6) is 0.656. The molecule has 0 saturated carbocycles. The Morgan fingerprint density at radius 3 is 2.20 bits per heavy atom.